The van der Waals surface area contributed by atoms with Crippen LogP contribution in [0.5, 0.6) is 0 Å². The van der Waals surface area contributed by atoms with E-state index in [4.69, 9.17) is 18.3 Å². The molecule has 0 saturated carbocycles. The van der Waals surface area contributed by atoms with Crippen LogP contribution in [0.2, 0.25) is 18.1 Å². The maximum Gasteiger partial charge on any atom is 0.264 e. The summed E-state index contributed by atoms with van der Waals surface area (Å²) in [5.41, 5.74) is 8.86. The Kier molecular flexibility index (Phi) is 9.93. The second-order valence-corrected chi connectivity index (χ2v) is 15.9. The second kappa shape index (κ2) is 10.2. The van der Waals surface area contributed by atoms with Crippen LogP contribution in [0.1, 0.15) is 33.6 Å². The molecule has 0 spiro atoms. The van der Waals surface area contributed by atoms with Gasteiger partial charge in [-0.05, 0) is 36.5 Å². The Morgan fingerprint density at radius 1 is 1.07 bits per heavy atom. The maximum absolute atomic E-state index is 11.3. The number of rotatable bonds is 12. The molecule has 0 fully saturated rings. The highest BCUT2D eigenvalue weighted by atomic mass is 32.2. The van der Waals surface area contributed by atoms with Crippen molar-refractivity contribution in [1.29, 1.82) is 0 Å². The molecule has 27 heavy (non-hydrogen) atoms. The molecule has 13 heteroatoms. The van der Waals surface area contributed by atoms with E-state index in [2.05, 4.69) is 10.0 Å². The van der Waals surface area contributed by atoms with Crippen LogP contribution in [0.4, 0.5) is 0 Å². The first kappa shape index (κ1) is 26.3. The molecule has 0 rings (SSSR count). The summed E-state index contributed by atoms with van der Waals surface area (Å²) in [4.78, 5) is 2.78. The van der Waals surface area contributed by atoms with E-state index < -0.39 is 40.7 Å². The number of hydrogen-bond donors (Lipinski definition) is 0. The van der Waals surface area contributed by atoms with E-state index in [0.29, 0.717) is 12.8 Å². The Morgan fingerprint density at radius 3 is 2.00 bits per heavy atom. The van der Waals surface area contributed by atoms with E-state index in [1.807, 2.05) is 33.9 Å². The van der Waals surface area contributed by atoms with Gasteiger partial charge in [0.25, 0.3) is 20.2 Å². The number of azide groups is 1. The highest BCUT2D eigenvalue weighted by molar-refractivity contribution is 7.86. The molecule has 0 heterocycles. The fourth-order valence-corrected chi connectivity index (χ4v) is 4.05. The summed E-state index contributed by atoms with van der Waals surface area (Å²) in [6.45, 7) is 9.74. The number of hydrogen-bond acceptors (Lipinski definition) is 8. The maximum atomic E-state index is 11.3. The Bertz CT molecular complexity index is 726. The average Bonchev–Trinajstić information content (AvgIpc) is 2.43. The van der Waals surface area contributed by atoms with Crippen molar-refractivity contribution in [2.24, 2.45) is 5.11 Å². The number of nitrogens with zero attached hydrogens (tertiary/aromatic N) is 3. The van der Waals surface area contributed by atoms with Gasteiger partial charge in [0.1, 0.15) is 0 Å². The Hall–Kier alpha value is -0.693. The molecule has 160 valence electrons. The molecule has 0 amide bonds. The van der Waals surface area contributed by atoms with Crippen LogP contribution in [-0.4, -0.2) is 63.0 Å². The van der Waals surface area contributed by atoms with E-state index in [1.54, 1.807) is 0 Å². The van der Waals surface area contributed by atoms with Crippen LogP contribution in [0.15, 0.2) is 5.11 Å². The molecule has 10 nitrogen and oxygen atoms in total. The van der Waals surface area contributed by atoms with Crippen molar-refractivity contribution in [3.63, 3.8) is 0 Å². The SMILES string of the molecule is CC(C)(C)[Si](C)(C)O[C@H](CCCOS(C)(=O)=O)[C@@H](COS(C)(=O)=O)N=[N+]=[N-]. The lowest BCUT2D eigenvalue weighted by Gasteiger charge is -2.40. The third kappa shape index (κ3) is 11.7. The summed E-state index contributed by atoms with van der Waals surface area (Å²) in [5.74, 6) is 0. The van der Waals surface area contributed by atoms with E-state index in [1.165, 1.54) is 0 Å². The minimum absolute atomic E-state index is 0.0495. The first-order chi connectivity index (χ1) is 12.0. The summed E-state index contributed by atoms with van der Waals surface area (Å²) in [5, 5.41) is 3.52. The molecule has 0 aromatic rings. The Balaban J connectivity index is 5.40. The molecule has 0 aromatic carbocycles. The summed E-state index contributed by atoms with van der Waals surface area (Å²) in [6, 6.07) is -0.878. The predicted molar refractivity (Wildman–Crippen MR) is 106 cm³/mol. The third-order valence-corrected chi connectivity index (χ3v) is 9.93. The molecule has 0 radical (unpaired) electrons. The fraction of sp³-hybridized carbons (Fsp3) is 1.00. The first-order valence-corrected chi connectivity index (χ1v) is 14.9. The van der Waals surface area contributed by atoms with Gasteiger partial charge in [0.15, 0.2) is 8.32 Å². The van der Waals surface area contributed by atoms with Gasteiger partial charge in [-0.25, -0.2) is 0 Å². The zero-order chi connectivity index (χ0) is 21.5. The smallest absolute Gasteiger partial charge is 0.264 e. The first-order valence-electron chi connectivity index (χ1n) is 8.39. The van der Waals surface area contributed by atoms with Gasteiger partial charge in [0, 0.05) is 4.91 Å². The normalized spacial score (nSPS) is 15.8. The average molecular weight is 446 g/mol. The Morgan fingerprint density at radius 2 is 1.59 bits per heavy atom. The molecule has 0 N–H and O–H groups in total. The van der Waals surface area contributed by atoms with Crippen molar-refractivity contribution in [2.45, 2.75) is 63.9 Å². The second-order valence-electron chi connectivity index (χ2n) is 7.85. The van der Waals surface area contributed by atoms with Gasteiger partial charge < -0.3 is 4.43 Å². The molecule has 0 aliphatic heterocycles. The quantitative estimate of drug-likeness (QED) is 0.112. The molecule has 0 bridgehead atoms. The van der Waals surface area contributed by atoms with Crippen molar-refractivity contribution in [2.75, 3.05) is 25.7 Å². The lowest BCUT2D eigenvalue weighted by molar-refractivity contribution is 0.111. The largest absolute Gasteiger partial charge is 0.413 e. The topological polar surface area (TPSA) is 145 Å². The van der Waals surface area contributed by atoms with Gasteiger partial charge >= 0.3 is 0 Å². The monoisotopic (exact) mass is 445 g/mol. The minimum Gasteiger partial charge on any atom is -0.413 e. The fourth-order valence-electron chi connectivity index (χ4n) is 1.85. The van der Waals surface area contributed by atoms with E-state index in [0.717, 1.165) is 12.5 Å². The van der Waals surface area contributed by atoms with Crippen LogP contribution < -0.4 is 0 Å². The molecule has 0 aliphatic rings. The van der Waals surface area contributed by atoms with Crippen LogP contribution >= 0.6 is 0 Å². The molecule has 0 unspecified atom stereocenters. The van der Waals surface area contributed by atoms with Gasteiger partial charge in [-0.15, -0.1) is 0 Å². The summed E-state index contributed by atoms with van der Waals surface area (Å²) in [7, 11) is -9.56. The molecular formula is C14H31N3O7S2Si. The van der Waals surface area contributed by atoms with Gasteiger partial charge in [0.2, 0.25) is 0 Å². The Labute approximate surface area is 163 Å². The summed E-state index contributed by atoms with van der Waals surface area (Å²) >= 11 is 0. The standard InChI is InChI=1S/C14H31N3O7S2Si/c1-14(2,3)27(6,7)24-13(9-8-10-22-25(4,18)19)12(16-17-15)11-23-26(5,20)21/h12-13H,8-11H2,1-7H3/t12-,13-/m1/s1. The van der Waals surface area contributed by atoms with Crippen molar-refractivity contribution >= 4 is 28.6 Å². The highest BCUT2D eigenvalue weighted by Gasteiger charge is 2.40. The van der Waals surface area contributed by atoms with Crippen LogP contribution in [0.25, 0.3) is 10.4 Å². The van der Waals surface area contributed by atoms with Gasteiger partial charge in [-0.3, -0.25) is 8.37 Å². The summed E-state index contributed by atoms with van der Waals surface area (Å²) < 4.78 is 60.6. The van der Waals surface area contributed by atoms with Crippen LogP contribution in [-0.2, 0) is 33.0 Å². The van der Waals surface area contributed by atoms with E-state index in [-0.39, 0.29) is 18.3 Å². The lowest BCUT2D eigenvalue weighted by Crippen LogP contribution is -2.47. The van der Waals surface area contributed by atoms with Crippen molar-refractivity contribution in [1.82, 2.24) is 0 Å². The molecule has 0 aromatic heterocycles. The predicted octanol–water partition coefficient (Wildman–Crippen LogP) is 2.79. The van der Waals surface area contributed by atoms with Gasteiger partial charge in [-0.2, -0.15) is 16.8 Å². The molecule has 0 saturated heterocycles. The van der Waals surface area contributed by atoms with E-state index >= 15 is 0 Å². The highest BCUT2D eigenvalue weighted by Crippen LogP contribution is 2.38. The lowest BCUT2D eigenvalue weighted by atomic mass is 10.1. The van der Waals surface area contributed by atoms with Crippen LogP contribution in [0, 0.1) is 0 Å². The van der Waals surface area contributed by atoms with Crippen molar-refractivity contribution in [3.8, 4) is 0 Å². The molecular weight excluding hydrogens is 414 g/mol. The molecule has 2 atom stereocenters. The van der Waals surface area contributed by atoms with Gasteiger partial charge in [0.05, 0.1) is 37.9 Å². The summed E-state index contributed by atoms with van der Waals surface area (Å²) in [6.07, 6.45) is 1.87. The zero-order valence-electron chi connectivity index (χ0n) is 17.0. The minimum atomic E-state index is -3.72. The third-order valence-electron chi connectivity index (χ3n) is 4.26. The van der Waals surface area contributed by atoms with Crippen molar-refractivity contribution in [3.05, 3.63) is 10.4 Å². The van der Waals surface area contributed by atoms with Gasteiger partial charge in [-0.1, -0.05) is 25.9 Å². The van der Waals surface area contributed by atoms with Crippen molar-refractivity contribution < 1.29 is 29.6 Å². The van der Waals surface area contributed by atoms with Crippen LogP contribution in [0.3, 0.4) is 0 Å². The van der Waals surface area contributed by atoms with E-state index in [9.17, 15) is 16.8 Å². The zero-order valence-corrected chi connectivity index (χ0v) is 19.6. The molecule has 0 aliphatic carbocycles.